The summed E-state index contributed by atoms with van der Waals surface area (Å²) >= 11 is 0. The van der Waals surface area contributed by atoms with Crippen LogP contribution in [0.25, 0.3) is 0 Å². The molecule has 1 N–H and O–H groups in total. The lowest BCUT2D eigenvalue weighted by Gasteiger charge is -2.24. The van der Waals surface area contributed by atoms with Crippen molar-refractivity contribution in [1.82, 2.24) is 10.2 Å². The van der Waals surface area contributed by atoms with Gasteiger partial charge in [-0.25, -0.2) is 0 Å². The monoisotopic (exact) mass is 396 g/mol. The number of ether oxygens (including phenoxy) is 3. The summed E-state index contributed by atoms with van der Waals surface area (Å²) in [5, 5.41) is 3.03. The number of nitrogens with zero attached hydrogens (tertiary/aromatic N) is 1. The van der Waals surface area contributed by atoms with Crippen LogP contribution in [-0.4, -0.2) is 56.4 Å². The van der Waals surface area contributed by atoms with Gasteiger partial charge in [0.05, 0.1) is 12.5 Å². The van der Waals surface area contributed by atoms with Crippen molar-refractivity contribution >= 4 is 5.91 Å². The molecule has 1 fully saturated rings. The lowest BCUT2D eigenvalue weighted by Crippen LogP contribution is -2.40. The minimum Gasteiger partial charge on any atom is -0.486 e. The Balaban J connectivity index is 1.26. The average molecular weight is 396 g/mol. The zero-order valence-electron chi connectivity index (χ0n) is 16.6. The molecule has 0 radical (unpaired) electrons. The highest BCUT2D eigenvalue weighted by atomic mass is 16.6. The summed E-state index contributed by atoms with van der Waals surface area (Å²) in [6.45, 7) is 5.10. The Labute approximate surface area is 171 Å². The molecule has 2 aromatic rings. The summed E-state index contributed by atoms with van der Waals surface area (Å²) in [7, 11) is 0. The molecule has 2 heterocycles. The van der Waals surface area contributed by atoms with Crippen LogP contribution in [0, 0.1) is 0 Å². The molecule has 0 spiro atoms. The molecule has 0 aromatic heterocycles. The van der Waals surface area contributed by atoms with Gasteiger partial charge < -0.3 is 19.5 Å². The third-order valence-electron chi connectivity index (χ3n) is 5.18. The highest BCUT2D eigenvalue weighted by molar-refractivity contribution is 5.78. The maximum absolute atomic E-state index is 12.4. The third kappa shape index (κ3) is 5.71. The van der Waals surface area contributed by atoms with Crippen LogP contribution in [0.15, 0.2) is 48.5 Å². The third-order valence-corrected chi connectivity index (χ3v) is 5.18. The first-order valence-corrected chi connectivity index (χ1v) is 10.3. The van der Waals surface area contributed by atoms with Crippen LogP contribution in [0.4, 0.5) is 0 Å². The number of benzene rings is 2. The van der Waals surface area contributed by atoms with Crippen molar-refractivity contribution in [2.75, 3.05) is 39.5 Å². The largest absolute Gasteiger partial charge is 0.486 e. The first kappa shape index (κ1) is 19.7. The van der Waals surface area contributed by atoms with E-state index in [1.54, 1.807) is 0 Å². The van der Waals surface area contributed by atoms with Gasteiger partial charge in [-0.1, -0.05) is 36.4 Å². The Morgan fingerprint density at radius 3 is 2.69 bits per heavy atom. The molecule has 0 unspecified atom stereocenters. The number of carbonyl (C=O) groups is 1. The quantitative estimate of drug-likeness (QED) is 0.813. The normalized spacial score (nSPS) is 19.4. The predicted molar refractivity (Wildman–Crippen MR) is 110 cm³/mol. The summed E-state index contributed by atoms with van der Waals surface area (Å²) < 4.78 is 17.1. The maximum atomic E-state index is 12.4. The number of hydrogen-bond acceptors (Lipinski definition) is 5. The second kappa shape index (κ2) is 9.76. The van der Waals surface area contributed by atoms with E-state index in [4.69, 9.17) is 14.2 Å². The summed E-state index contributed by atoms with van der Waals surface area (Å²) in [5.41, 5.74) is 2.22. The van der Waals surface area contributed by atoms with E-state index in [2.05, 4.69) is 34.5 Å². The van der Waals surface area contributed by atoms with Crippen LogP contribution in [-0.2, 0) is 22.5 Å². The van der Waals surface area contributed by atoms with E-state index in [9.17, 15) is 4.79 Å². The summed E-state index contributed by atoms with van der Waals surface area (Å²) in [4.78, 5) is 14.8. The van der Waals surface area contributed by atoms with Gasteiger partial charge in [0.25, 0.3) is 0 Å². The molecule has 2 aliphatic rings. The first-order valence-electron chi connectivity index (χ1n) is 10.3. The van der Waals surface area contributed by atoms with Crippen molar-refractivity contribution < 1.29 is 19.0 Å². The van der Waals surface area contributed by atoms with Crippen molar-refractivity contribution in [3.8, 4) is 11.5 Å². The van der Waals surface area contributed by atoms with Gasteiger partial charge in [0.1, 0.15) is 13.2 Å². The molecule has 1 amide bonds. The minimum atomic E-state index is -0.0101. The molecule has 154 valence electrons. The van der Waals surface area contributed by atoms with Crippen LogP contribution < -0.4 is 14.8 Å². The fraction of sp³-hybridized carbons (Fsp3) is 0.435. The van der Waals surface area contributed by atoms with Crippen LogP contribution in [0.1, 0.15) is 17.5 Å². The Morgan fingerprint density at radius 1 is 1.00 bits per heavy atom. The van der Waals surface area contributed by atoms with Crippen LogP contribution in [0.3, 0.4) is 0 Å². The van der Waals surface area contributed by atoms with E-state index in [0.29, 0.717) is 31.9 Å². The molecular formula is C23H28N2O4. The molecule has 4 rings (SSSR count). The van der Waals surface area contributed by atoms with Crippen molar-refractivity contribution in [3.05, 3.63) is 59.7 Å². The van der Waals surface area contributed by atoms with Gasteiger partial charge in [-0.15, -0.1) is 0 Å². The smallest absolute Gasteiger partial charge is 0.224 e. The zero-order valence-corrected chi connectivity index (χ0v) is 16.6. The number of amides is 1. The first-order chi connectivity index (χ1) is 14.3. The van der Waals surface area contributed by atoms with Crippen molar-refractivity contribution in [2.45, 2.75) is 25.5 Å². The molecule has 0 saturated carbocycles. The van der Waals surface area contributed by atoms with Gasteiger partial charge in [-0.2, -0.15) is 0 Å². The number of fused-ring (bicyclic) bond motifs is 1. The van der Waals surface area contributed by atoms with Crippen molar-refractivity contribution in [2.24, 2.45) is 0 Å². The topological polar surface area (TPSA) is 60.0 Å². The summed E-state index contributed by atoms with van der Waals surface area (Å²) in [5.74, 6) is 1.44. The number of carbonyl (C=O) groups excluding carboxylic acids is 1. The van der Waals surface area contributed by atoms with Gasteiger partial charge in [-0.3, -0.25) is 9.69 Å². The number of nitrogens with one attached hydrogen (secondary N) is 1. The van der Waals surface area contributed by atoms with E-state index < -0.39 is 0 Å². The molecule has 0 bridgehead atoms. The number of hydrogen-bond donors (Lipinski definition) is 1. The lowest BCUT2D eigenvalue weighted by molar-refractivity contribution is -0.121. The maximum Gasteiger partial charge on any atom is 0.224 e. The second-order valence-corrected chi connectivity index (χ2v) is 7.53. The van der Waals surface area contributed by atoms with E-state index >= 15 is 0 Å². The molecule has 1 saturated heterocycles. The molecule has 6 nitrogen and oxygen atoms in total. The standard InChI is InChI=1S/C23H28N2O4/c26-23(14-19-7-8-21-22(13-19)29-12-11-28-21)24-15-20-17-25(9-4-10-27-20)16-18-5-2-1-3-6-18/h1-3,5-8,13,20H,4,9-12,14-17H2,(H,24,26)/t20-/m0/s1. The Bertz CT molecular complexity index is 812. The van der Waals surface area contributed by atoms with Gasteiger partial charge in [0, 0.05) is 32.8 Å². The van der Waals surface area contributed by atoms with E-state index in [1.165, 1.54) is 5.56 Å². The lowest BCUT2D eigenvalue weighted by atomic mass is 10.1. The number of rotatable bonds is 6. The van der Waals surface area contributed by atoms with E-state index in [0.717, 1.165) is 44.0 Å². The second-order valence-electron chi connectivity index (χ2n) is 7.53. The SMILES string of the molecule is O=C(Cc1ccc2c(c1)OCCO2)NC[C@H]1CN(Cc2ccccc2)CCCO1. The van der Waals surface area contributed by atoms with Gasteiger partial charge >= 0.3 is 0 Å². The van der Waals surface area contributed by atoms with E-state index in [-0.39, 0.29) is 12.0 Å². The fourth-order valence-electron chi connectivity index (χ4n) is 3.75. The zero-order chi connectivity index (χ0) is 19.9. The van der Waals surface area contributed by atoms with E-state index in [1.807, 2.05) is 24.3 Å². The Hall–Kier alpha value is -2.57. The molecule has 2 aliphatic heterocycles. The summed E-state index contributed by atoms with van der Waals surface area (Å²) in [6, 6.07) is 16.1. The molecule has 0 aliphatic carbocycles. The molecular weight excluding hydrogens is 368 g/mol. The highest BCUT2D eigenvalue weighted by Crippen LogP contribution is 2.30. The molecule has 6 heteroatoms. The van der Waals surface area contributed by atoms with Crippen molar-refractivity contribution in [1.29, 1.82) is 0 Å². The Morgan fingerprint density at radius 2 is 1.83 bits per heavy atom. The highest BCUT2D eigenvalue weighted by Gasteiger charge is 2.20. The molecule has 2 aromatic carbocycles. The molecule has 29 heavy (non-hydrogen) atoms. The van der Waals surface area contributed by atoms with Gasteiger partial charge in [0.15, 0.2) is 11.5 Å². The molecule has 1 atom stereocenters. The Kier molecular flexibility index (Phi) is 6.64. The van der Waals surface area contributed by atoms with Gasteiger partial charge in [-0.05, 0) is 29.7 Å². The fourth-order valence-corrected chi connectivity index (χ4v) is 3.75. The summed E-state index contributed by atoms with van der Waals surface area (Å²) in [6.07, 6.45) is 1.33. The minimum absolute atomic E-state index is 0.00503. The average Bonchev–Trinajstić information content (AvgIpc) is 2.98. The van der Waals surface area contributed by atoms with Crippen molar-refractivity contribution in [3.63, 3.8) is 0 Å². The predicted octanol–water partition coefficient (Wildman–Crippen LogP) is 2.41. The van der Waals surface area contributed by atoms with Gasteiger partial charge in [0.2, 0.25) is 5.91 Å². The van der Waals surface area contributed by atoms with Crippen LogP contribution >= 0.6 is 0 Å². The van der Waals surface area contributed by atoms with Crippen LogP contribution in [0.2, 0.25) is 0 Å². The van der Waals surface area contributed by atoms with Crippen LogP contribution in [0.5, 0.6) is 11.5 Å².